The Balaban J connectivity index is 0.000000604. The molecule has 0 amide bonds. The van der Waals surface area contributed by atoms with E-state index >= 15 is 0 Å². The number of pyridine rings is 1. The first kappa shape index (κ1) is 26.5. The van der Waals surface area contributed by atoms with E-state index in [0.29, 0.717) is 29.3 Å². The number of anilines is 1. The number of nitrogens with zero attached hydrogens (tertiary/aromatic N) is 6. The van der Waals surface area contributed by atoms with Gasteiger partial charge in [0, 0.05) is 36.9 Å². The molecule has 182 valence electrons. The highest BCUT2D eigenvalue weighted by atomic mass is 32.3. The summed E-state index contributed by atoms with van der Waals surface area (Å²) in [5.74, 6) is 0.382. The van der Waals surface area contributed by atoms with E-state index in [1.165, 1.54) is 31.5 Å². The minimum atomic E-state index is -4.41. The van der Waals surface area contributed by atoms with Crippen molar-refractivity contribution in [2.24, 2.45) is 17.3 Å². The number of hydrogen-bond donors (Lipinski definition) is 1. The number of methoxy groups -OCH3 is 1. The molecule has 0 unspecified atom stereocenters. The fourth-order valence-electron chi connectivity index (χ4n) is 2.56. The van der Waals surface area contributed by atoms with Crippen molar-refractivity contribution in [1.29, 1.82) is 0 Å². The fraction of sp³-hybridized carbons (Fsp3) is 0.263. The second kappa shape index (κ2) is 11.9. The third-order valence-corrected chi connectivity index (χ3v) is 4.69. The van der Waals surface area contributed by atoms with Gasteiger partial charge in [-0.15, -0.1) is 10.2 Å². The number of nitrogens with two attached hydrogens (primary N) is 1. The van der Waals surface area contributed by atoms with E-state index in [4.69, 9.17) is 10.5 Å². The Bertz CT molecular complexity index is 1260. The summed E-state index contributed by atoms with van der Waals surface area (Å²) in [4.78, 5) is 10.5. The summed E-state index contributed by atoms with van der Waals surface area (Å²) in [6.07, 6.45) is 5.42. The molecule has 34 heavy (non-hydrogen) atoms. The molecule has 0 spiro atoms. The molecule has 0 fully saturated rings. The quantitative estimate of drug-likeness (QED) is 0.122. The van der Waals surface area contributed by atoms with Gasteiger partial charge in [-0.25, -0.2) is 17.7 Å². The summed E-state index contributed by atoms with van der Waals surface area (Å²) >= 11 is 0. The summed E-state index contributed by atoms with van der Waals surface area (Å²) in [6.45, 7) is 0.685. The van der Waals surface area contributed by atoms with Crippen LogP contribution >= 0.6 is 0 Å². The van der Waals surface area contributed by atoms with Crippen LogP contribution in [-0.2, 0) is 39.5 Å². The molecule has 0 aliphatic carbocycles. The number of benzene rings is 1. The van der Waals surface area contributed by atoms with Crippen molar-refractivity contribution in [3.63, 3.8) is 0 Å². The van der Waals surface area contributed by atoms with Crippen LogP contribution in [0.1, 0.15) is 11.1 Å². The number of nitro benzene ring substituents is 1. The Labute approximate surface area is 195 Å². The first-order valence-electron chi connectivity index (χ1n) is 9.49. The number of non-ortho nitro benzene ring substituents is 1. The number of ether oxygens (including phenoxy) is 1. The Hall–Kier alpha value is -3.79. The molecule has 0 atom stereocenters. The van der Waals surface area contributed by atoms with Crippen LogP contribution in [0.15, 0.2) is 59.2 Å². The number of nitro groups is 1. The molecule has 1 aromatic carbocycles. The lowest BCUT2D eigenvalue weighted by atomic mass is 10.1. The molecule has 3 rings (SSSR count). The average Bonchev–Trinajstić information content (AvgIpc) is 3.13. The number of azo groups is 1. The molecule has 2 heterocycles. The van der Waals surface area contributed by atoms with Crippen LogP contribution in [0.2, 0.25) is 0 Å². The second-order valence-electron chi connectivity index (χ2n) is 6.72. The van der Waals surface area contributed by atoms with Gasteiger partial charge in [0.1, 0.15) is 18.6 Å². The molecular formula is C19H23N7O7S. The normalized spacial score (nSPS) is 11.3. The third kappa shape index (κ3) is 7.96. The largest absolute Gasteiger partial charge is 0.726 e. The highest BCUT2D eigenvalue weighted by molar-refractivity contribution is 7.80. The van der Waals surface area contributed by atoms with Gasteiger partial charge in [0.05, 0.1) is 37.1 Å². The van der Waals surface area contributed by atoms with Crippen LogP contribution in [0.25, 0.3) is 0 Å². The molecule has 0 saturated carbocycles. The fourth-order valence-corrected chi connectivity index (χ4v) is 2.56. The molecular weight excluding hydrogens is 470 g/mol. The Morgan fingerprint density at radius 1 is 1.18 bits per heavy atom. The van der Waals surface area contributed by atoms with Crippen LogP contribution in [-0.4, -0.2) is 41.9 Å². The predicted octanol–water partition coefficient (Wildman–Crippen LogP) is 1.90. The van der Waals surface area contributed by atoms with Gasteiger partial charge in [-0.1, -0.05) is 0 Å². The Kier molecular flexibility index (Phi) is 9.26. The molecule has 3 aromatic rings. The predicted molar refractivity (Wildman–Crippen MR) is 118 cm³/mol. The van der Waals surface area contributed by atoms with Crippen LogP contribution in [0.3, 0.4) is 0 Å². The molecule has 0 aliphatic rings. The number of hydrogen-bond acceptors (Lipinski definition) is 11. The van der Waals surface area contributed by atoms with Gasteiger partial charge >= 0.3 is 0 Å². The van der Waals surface area contributed by atoms with E-state index in [0.717, 1.165) is 12.7 Å². The SMILES string of the molecule is COCc1cc([N+](=O)[O-])ccc1N=Nc1cnn(Cc2cc[n+](C)cc2)c1N.COS(=O)(=O)[O-]. The molecule has 0 aliphatic heterocycles. The van der Waals surface area contributed by atoms with Gasteiger partial charge < -0.3 is 15.0 Å². The zero-order chi connectivity index (χ0) is 25.3. The minimum Gasteiger partial charge on any atom is -0.726 e. The van der Waals surface area contributed by atoms with Gasteiger partial charge in [-0.2, -0.15) is 5.10 Å². The second-order valence-corrected chi connectivity index (χ2v) is 7.87. The van der Waals surface area contributed by atoms with Crippen molar-refractivity contribution >= 4 is 33.3 Å². The monoisotopic (exact) mass is 493 g/mol. The van der Waals surface area contributed by atoms with Gasteiger partial charge in [0.25, 0.3) is 5.69 Å². The third-order valence-electron chi connectivity index (χ3n) is 4.28. The van der Waals surface area contributed by atoms with E-state index in [2.05, 4.69) is 19.5 Å². The van der Waals surface area contributed by atoms with Crippen molar-refractivity contribution in [2.75, 3.05) is 20.0 Å². The van der Waals surface area contributed by atoms with Crippen LogP contribution < -0.4 is 10.3 Å². The van der Waals surface area contributed by atoms with Gasteiger partial charge in [-0.3, -0.25) is 14.3 Å². The van der Waals surface area contributed by atoms with Crippen molar-refractivity contribution in [2.45, 2.75) is 13.2 Å². The Morgan fingerprint density at radius 2 is 1.79 bits per heavy atom. The minimum absolute atomic E-state index is 0.0328. The average molecular weight is 494 g/mol. The van der Waals surface area contributed by atoms with E-state index in [1.54, 1.807) is 4.68 Å². The maximum Gasteiger partial charge on any atom is 0.269 e. The Morgan fingerprint density at radius 3 is 2.35 bits per heavy atom. The van der Waals surface area contributed by atoms with E-state index < -0.39 is 15.3 Å². The first-order valence-corrected chi connectivity index (χ1v) is 10.8. The molecule has 2 N–H and O–H groups in total. The molecule has 2 aromatic heterocycles. The number of aromatic nitrogens is 3. The highest BCUT2D eigenvalue weighted by Crippen LogP contribution is 2.29. The molecule has 14 nitrogen and oxygen atoms in total. The number of aryl methyl sites for hydroxylation is 1. The lowest BCUT2D eigenvalue weighted by Crippen LogP contribution is -2.26. The first-order chi connectivity index (χ1) is 16.0. The smallest absolute Gasteiger partial charge is 0.269 e. The van der Waals surface area contributed by atoms with Crippen molar-refractivity contribution < 1.29 is 31.4 Å². The van der Waals surface area contributed by atoms with Crippen molar-refractivity contribution in [3.8, 4) is 0 Å². The van der Waals surface area contributed by atoms with Crippen LogP contribution in [0, 0.1) is 10.1 Å². The molecule has 0 bridgehead atoms. The summed E-state index contributed by atoms with van der Waals surface area (Å²) in [5.41, 5.74) is 8.60. The van der Waals surface area contributed by atoms with Crippen molar-refractivity contribution in [1.82, 2.24) is 9.78 Å². The van der Waals surface area contributed by atoms with Crippen LogP contribution in [0.4, 0.5) is 22.9 Å². The summed E-state index contributed by atoms with van der Waals surface area (Å²) in [5, 5.41) is 23.5. The van der Waals surface area contributed by atoms with Gasteiger partial charge in [0.15, 0.2) is 12.4 Å². The number of nitrogen functional groups attached to an aromatic ring is 1. The van der Waals surface area contributed by atoms with E-state index in [9.17, 15) is 23.1 Å². The summed E-state index contributed by atoms with van der Waals surface area (Å²) in [7, 11) is -0.154. The van der Waals surface area contributed by atoms with Gasteiger partial charge in [-0.05, 0) is 11.6 Å². The molecule has 0 radical (unpaired) electrons. The van der Waals surface area contributed by atoms with Gasteiger partial charge in [0.2, 0.25) is 10.4 Å². The highest BCUT2D eigenvalue weighted by Gasteiger charge is 2.12. The van der Waals surface area contributed by atoms with E-state index in [1.807, 2.05) is 36.1 Å². The lowest BCUT2D eigenvalue weighted by Gasteiger charge is -2.04. The zero-order valence-corrected chi connectivity index (χ0v) is 19.4. The number of rotatable bonds is 8. The topological polar surface area (TPSA) is 191 Å². The molecule has 0 saturated heterocycles. The standard InChI is InChI=1S/C18H20N7O3.CH4O4S/c1-23-7-5-13(6-8-23)11-24-18(19)17(10-20-24)22-21-16-4-3-15(25(26)27)9-14(16)12-28-2;1-5-6(2,3)4/h3-10H,11-12,19H2,1-2H3;1H3,(H,2,3,4)/q+1;/p-1. The van der Waals surface area contributed by atoms with Crippen molar-refractivity contribution in [3.05, 3.63) is 70.2 Å². The summed E-state index contributed by atoms with van der Waals surface area (Å²) < 4.78 is 39.7. The maximum absolute atomic E-state index is 10.9. The maximum atomic E-state index is 10.9. The van der Waals surface area contributed by atoms with Crippen LogP contribution in [0.5, 0.6) is 0 Å². The lowest BCUT2D eigenvalue weighted by molar-refractivity contribution is -0.671. The summed E-state index contributed by atoms with van der Waals surface area (Å²) in [6, 6.07) is 8.28. The molecule has 15 heteroatoms. The van der Waals surface area contributed by atoms with E-state index in [-0.39, 0.29) is 12.3 Å². The zero-order valence-electron chi connectivity index (χ0n) is 18.6.